The molecule has 0 aliphatic rings. The molecule has 0 aromatic heterocycles. The molecule has 5 heteroatoms. The van der Waals surface area contributed by atoms with Gasteiger partial charge in [-0.1, -0.05) is 48.1 Å². The number of nitrogens with two attached hydrogens (primary N) is 1. The summed E-state index contributed by atoms with van der Waals surface area (Å²) in [6.07, 6.45) is 0. The first-order chi connectivity index (χ1) is 9.49. The van der Waals surface area contributed by atoms with E-state index < -0.39 is 0 Å². The minimum Gasteiger partial charge on any atom is -0.389 e. The summed E-state index contributed by atoms with van der Waals surface area (Å²) in [7, 11) is 0. The molecule has 0 fully saturated rings. The minimum absolute atomic E-state index is 0.265. The third kappa shape index (κ3) is 3.15. The second-order valence-electron chi connectivity index (χ2n) is 4.34. The van der Waals surface area contributed by atoms with E-state index >= 15 is 0 Å². The standard InChI is InChI=1S/C15H13ClN2OS/c1-9-4-2-7-12(13(9)16)15(19)18-11-6-3-5-10(8-11)14(17)20/h2-8H,1H3,(H2,17,20)(H,18,19). The predicted molar refractivity (Wildman–Crippen MR) is 86.5 cm³/mol. The molecule has 2 aromatic rings. The van der Waals surface area contributed by atoms with Crippen molar-refractivity contribution in [2.45, 2.75) is 6.92 Å². The number of benzene rings is 2. The molecule has 0 unspecified atom stereocenters. The van der Waals surface area contributed by atoms with E-state index in [1.807, 2.05) is 13.0 Å². The van der Waals surface area contributed by atoms with Gasteiger partial charge < -0.3 is 11.1 Å². The fraction of sp³-hybridized carbons (Fsp3) is 0.0667. The summed E-state index contributed by atoms with van der Waals surface area (Å²) in [6, 6.07) is 12.4. The van der Waals surface area contributed by atoms with Gasteiger partial charge in [-0.3, -0.25) is 4.79 Å². The van der Waals surface area contributed by atoms with Gasteiger partial charge >= 0.3 is 0 Å². The number of hydrogen-bond donors (Lipinski definition) is 2. The number of halogens is 1. The average molecular weight is 305 g/mol. The SMILES string of the molecule is Cc1cccc(C(=O)Nc2cccc(C(N)=S)c2)c1Cl. The van der Waals surface area contributed by atoms with Crippen molar-refractivity contribution in [3.05, 3.63) is 64.2 Å². The van der Waals surface area contributed by atoms with Crippen molar-refractivity contribution < 1.29 is 4.79 Å². The molecule has 3 N–H and O–H groups in total. The first-order valence-corrected chi connectivity index (χ1v) is 6.74. The maximum Gasteiger partial charge on any atom is 0.257 e. The molecule has 102 valence electrons. The van der Waals surface area contributed by atoms with Crippen LogP contribution in [0.3, 0.4) is 0 Å². The maximum absolute atomic E-state index is 12.2. The average Bonchev–Trinajstić information content (AvgIpc) is 2.42. The van der Waals surface area contributed by atoms with Crippen LogP contribution in [0.5, 0.6) is 0 Å². The van der Waals surface area contributed by atoms with E-state index in [4.69, 9.17) is 29.6 Å². The molecule has 20 heavy (non-hydrogen) atoms. The van der Waals surface area contributed by atoms with Gasteiger partial charge in [0.25, 0.3) is 5.91 Å². The molecule has 3 nitrogen and oxygen atoms in total. The Hall–Kier alpha value is -1.91. The zero-order chi connectivity index (χ0) is 14.7. The van der Waals surface area contributed by atoms with Gasteiger partial charge in [0.2, 0.25) is 0 Å². The molecule has 0 spiro atoms. The van der Waals surface area contributed by atoms with Crippen LogP contribution in [0.1, 0.15) is 21.5 Å². The maximum atomic E-state index is 12.2. The van der Waals surface area contributed by atoms with E-state index in [-0.39, 0.29) is 10.9 Å². The van der Waals surface area contributed by atoms with Crippen LogP contribution in [-0.2, 0) is 0 Å². The topological polar surface area (TPSA) is 55.1 Å². The van der Waals surface area contributed by atoms with Gasteiger partial charge in [-0.05, 0) is 30.7 Å². The zero-order valence-electron chi connectivity index (χ0n) is 10.8. The zero-order valence-corrected chi connectivity index (χ0v) is 12.4. The first kappa shape index (κ1) is 14.5. The number of carbonyl (C=O) groups excluding carboxylic acids is 1. The molecule has 0 radical (unpaired) electrons. The quantitative estimate of drug-likeness (QED) is 0.853. The normalized spacial score (nSPS) is 10.1. The molecule has 0 atom stereocenters. The van der Waals surface area contributed by atoms with Crippen LogP contribution in [0.2, 0.25) is 5.02 Å². The van der Waals surface area contributed by atoms with Gasteiger partial charge in [-0.2, -0.15) is 0 Å². The lowest BCUT2D eigenvalue weighted by Crippen LogP contribution is -2.14. The number of nitrogens with one attached hydrogen (secondary N) is 1. The highest BCUT2D eigenvalue weighted by Gasteiger charge is 2.12. The van der Waals surface area contributed by atoms with Gasteiger partial charge in [-0.15, -0.1) is 0 Å². The van der Waals surface area contributed by atoms with Gasteiger partial charge in [0.1, 0.15) is 4.99 Å². The summed E-state index contributed by atoms with van der Waals surface area (Å²) in [6.45, 7) is 1.85. The van der Waals surface area contributed by atoms with Gasteiger partial charge in [0, 0.05) is 11.3 Å². The Kier molecular flexibility index (Phi) is 4.37. The van der Waals surface area contributed by atoms with Crippen LogP contribution in [0.15, 0.2) is 42.5 Å². The third-order valence-corrected chi connectivity index (χ3v) is 3.58. The Labute approximate surface area is 127 Å². The molecule has 2 aromatic carbocycles. The third-order valence-electron chi connectivity index (χ3n) is 2.84. The van der Waals surface area contributed by atoms with Gasteiger partial charge in [0.15, 0.2) is 0 Å². The molecule has 0 saturated heterocycles. The number of carbonyl (C=O) groups is 1. The summed E-state index contributed by atoms with van der Waals surface area (Å²) < 4.78 is 0. The van der Waals surface area contributed by atoms with Crippen LogP contribution in [0.4, 0.5) is 5.69 Å². The summed E-state index contributed by atoms with van der Waals surface area (Å²) in [5, 5.41) is 3.24. The Morgan fingerprint density at radius 2 is 1.95 bits per heavy atom. The van der Waals surface area contributed by atoms with E-state index in [2.05, 4.69) is 5.32 Å². The Balaban J connectivity index is 2.26. The Morgan fingerprint density at radius 3 is 2.65 bits per heavy atom. The van der Waals surface area contributed by atoms with Gasteiger partial charge in [0.05, 0.1) is 10.6 Å². The summed E-state index contributed by atoms with van der Waals surface area (Å²) >= 11 is 11.0. The molecule has 1 amide bonds. The van der Waals surface area contributed by atoms with Crippen molar-refractivity contribution in [3.63, 3.8) is 0 Å². The lowest BCUT2D eigenvalue weighted by molar-refractivity contribution is 0.102. The molecule has 2 rings (SSSR count). The van der Waals surface area contributed by atoms with Crippen molar-refractivity contribution >= 4 is 40.4 Å². The molecular formula is C15H13ClN2OS. The van der Waals surface area contributed by atoms with Crippen LogP contribution in [-0.4, -0.2) is 10.9 Å². The summed E-state index contributed by atoms with van der Waals surface area (Å²) in [5.74, 6) is -0.265. The highest BCUT2D eigenvalue weighted by atomic mass is 35.5. The van der Waals surface area contributed by atoms with E-state index in [1.165, 1.54) is 0 Å². The van der Waals surface area contributed by atoms with Crippen LogP contribution >= 0.6 is 23.8 Å². The molecule has 0 aliphatic carbocycles. The fourth-order valence-electron chi connectivity index (χ4n) is 1.77. The fourth-order valence-corrected chi connectivity index (χ4v) is 2.11. The first-order valence-electron chi connectivity index (χ1n) is 5.95. The van der Waals surface area contributed by atoms with E-state index in [9.17, 15) is 4.79 Å². The summed E-state index contributed by atoms with van der Waals surface area (Å²) in [4.78, 5) is 12.5. The van der Waals surface area contributed by atoms with Crippen LogP contribution in [0, 0.1) is 6.92 Å². The number of rotatable bonds is 3. The predicted octanol–water partition coefficient (Wildman–Crippen LogP) is 3.53. The Bertz CT molecular complexity index is 685. The molecule has 0 bridgehead atoms. The number of aryl methyl sites for hydroxylation is 1. The van der Waals surface area contributed by atoms with Crippen LogP contribution < -0.4 is 11.1 Å². The molecule has 0 aliphatic heterocycles. The second kappa shape index (κ2) is 6.03. The minimum atomic E-state index is -0.265. The molecule has 0 saturated carbocycles. The lowest BCUT2D eigenvalue weighted by atomic mass is 10.1. The highest BCUT2D eigenvalue weighted by Crippen LogP contribution is 2.21. The summed E-state index contributed by atoms with van der Waals surface area (Å²) in [5.41, 5.74) is 8.19. The monoisotopic (exact) mass is 304 g/mol. The number of amides is 1. The molecule has 0 heterocycles. The lowest BCUT2D eigenvalue weighted by Gasteiger charge is -2.09. The van der Waals surface area contributed by atoms with Crippen molar-refractivity contribution in [1.29, 1.82) is 0 Å². The van der Waals surface area contributed by atoms with Crippen molar-refractivity contribution in [3.8, 4) is 0 Å². The van der Waals surface area contributed by atoms with E-state index in [0.717, 1.165) is 5.56 Å². The molecular weight excluding hydrogens is 292 g/mol. The highest BCUT2D eigenvalue weighted by molar-refractivity contribution is 7.80. The Morgan fingerprint density at radius 1 is 1.25 bits per heavy atom. The number of hydrogen-bond acceptors (Lipinski definition) is 2. The van der Waals surface area contributed by atoms with Crippen LogP contribution in [0.25, 0.3) is 0 Å². The second-order valence-corrected chi connectivity index (χ2v) is 5.15. The smallest absolute Gasteiger partial charge is 0.257 e. The van der Waals surface area contributed by atoms with Gasteiger partial charge in [-0.25, -0.2) is 0 Å². The van der Waals surface area contributed by atoms with Crippen molar-refractivity contribution in [2.24, 2.45) is 5.73 Å². The number of anilines is 1. The van der Waals surface area contributed by atoms with E-state index in [0.29, 0.717) is 21.8 Å². The van der Waals surface area contributed by atoms with Crippen molar-refractivity contribution in [2.75, 3.05) is 5.32 Å². The van der Waals surface area contributed by atoms with Crippen molar-refractivity contribution in [1.82, 2.24) is 0 Å². The number of thiocarbonyl (C=S) groups is 1. The van der Waals surface area contributed by atoms with E-state index in [1.54, 1.807) is 36.4 Å². The largest absolute Gasteiger partial charge is 0.389 e.